The number of benzene rings is 3. The van der Waals surface area contributed by atoms with Gasteiger partial charge in [-0.3, -0.25) is 4.98 Å². The Hall–Kier alpha value is -4.67. The van der Waals surface area contributed by atoms with E-state index in [0.29, 0.717) is 5.41 Å². The highest BCUT2D eigenvalue weighted by molar-refractivity contribution is 5.41. The van der Waals surface area contributed by atoms with Gasteiger partial charge in [0.25, 0.3) is 0 Å². The van der Waals surface area contributed by atoms with E-state index in [0.717, 1.165) is 22.4 Å². The molecule has 0 radical (unpaired) electrons. The van der Waals surface area contributed by atoms with Gasteiger partial charge in [-0.05, 0) is 98.9 Å². The van der Waals surface area contributed by atoms with E-state index in [2.05, 4.69) is 145 Å². The van der Waals surface area contributed by atoms with Gasteiger partial charge in [-0.25, -0.2) is 0 Å². The van der Waals surface area contributed by atoms with Gasteiger partial charge in [-0.1, -0.05) is 170 Å². The maximum absolute atomic E-state index is 8.83. The van der Waals surface area contributed by atoms with Crippen molar-refractivity contribution in [1.29, 1.82) is 10.5 Å². The number of pyridine rings is 1. The maximum Gasteiger partial charge on any atom is 0.122 e. The number of aromatic nitrogens is 1. The van der Waals surface area contributed by atoms with Crippen molar-refractivity contribution in [1.82, 2.24) is 4.98 Å². The van der Waals surface area contributed by atoms with E-state index in [4.69, 9.17) is 15.3 Å². The molecule has 1 aliphatic rings. The SMILES string of the molecule is CC(C)(C)C1=CCCC1.CC(C)(C)c1cccc(C#N)c1.CC(C)(C)c1ccccc1C#N.CC(C)(C)c1cccnc1.COc1ccccc1C(C)(C)C. The molecule has 5 rings (SSSR count). The lowest BCUT2D eigenvalue weighted by atomic mass is 9.84. The number of hydrogen-bond acceptors (Lipinski definition) is 4. The number of rotatable bonds is 1. The Bertz CT molecular complexity index is 1840. The van der Waals surface area contributed by atoms with E-state index in [1.165, 1.54) is 36.0 Å². The van der Waals surface area contributed by atoms with Gasteiger partial charge in [0.05, 0.1) is 30.4 Å². The standard InChI is InChI=1S/2C11H13N.C11H16O.C9H13N.C9H16/c1-11(2,3)10-6-4-5-9(7-10)8-12;1-11(2,3)10-7-5-4-6-9(10)8-12;1-11(2,3)9-7-5-6-8-10(9)12-4;1-9(2,3)8-5-4-6-10-7-8;1-9(2,3)8-6-4-5-7-8/h2*4-7H,1-3H3;5-8H,1-4H3;4-7H,1-3H3;6H,4-5,7H2,1-3H3. The minimum Gasteiger partial charge on any atom is -0.496 e. The summed E-state index contributed by atoms with van der Waals surface area (Å²) in [5.41, 5.74) is 9.07. The molecule has 1 aromatic heterocycles. The van der Waals surface area contributed by atoms with Crippen molar-refractivity contribution >= 4 is 0 Å². The highest BCUT2D eigenvalue weighted by Crippen LogP contribution is 2.34. The van der Waals surface area contributed by atoms with Crippen LogP contribution in [0.1, 0.15) is 156 Å². The molecule has 4 heteroatoms. The summed E-state index contributed by atoms with van der Waals surface area (Å²) in [6, 6.07) is 32.1. The maximum atomic E-state index is 8.83. The van der Waals surface area contributed by atoms with Crippen LogP contribution in [0, 0.1) is 28.1 Å². The monoisotopic (exact) mass is 742 g/mol. The lowest BCUT2D eigenvalue weighted by Crippen LogP contribution is -2.12. The Balaban J connectivity index is 0.000000345. The molecule has 4 aromatic rings. The molecule has 0 saturated heterocycles. The van der Waals surface area contributed by atoms with Gasteiger partial charge in [0.1, 0.15) is 5.75 Å². The van der Waals surface area contributed by atoms with Crippen LogP contribution in [0.3, 0.4) is 0 Å². The van der Waals surface area contributed by atoms with Crippen LogP contribution >= 0.6 is 0 Å². The fourth-order valence-electron chi connectivity index (χ4n) is 5.71. The van der Waals surface area contributed by atoms with Crippen LogP contribution in [-0.4, -0.2) is 12.1 Å². The minimum atomic E-state index is 0.0618. The molecule has 0 N–H and O–H groups in total. The molecule has 0 amide bonds. The van der Waals surface area contributed by atoms with Crippen LogP contribution in [0.15, 0.2) is 109 Å². The number of nitrogens with zero attached hydrogens (tertiary/aromatic N) is 3. The summed E-state index contributed by atoms with van der Waals surface area (Å²) in [5.74, 6) is 0.977. The van der Waals surface area contributed by atoms with Crippen LogP contribution in [0.2, 0.25) is 0 Å². The number of para-hydroxylation sites is 1. The summed E-state index contributed by atoms with van der Waals surface area (Å²) in [5, 5.41) is 17.5. The quantitative estimate of drug-likeness (QED) is 0.182. The van der Waals surface area contributed by atoms with E-state index >= 15 is 0 Å². The number of methoxy groups -OCH3 is 1. The smallest absolute Gasteiger partial charge is 0.122 e. The van der Waals surface area contributed by atoms with Crippen molar-refractivity contribution in [3.05, 3.63) is 142 Å². The topological polar surface area (TPSA) is 69.7 Å². The van der Waals surface area contributed by atoms with E-state index in [1.54, 1.807) is 18.9 Å². The summed E-state index contributed by atoms with van der Waals surface area (Å²) in [7, 11) is 1.71. The molecular formula is C51H71N3O. The molecule has 1 heterocycles. The number of allylic oxidation sites excluding steroid dienone is 2. The first-order valence-electron chi connectivity index (χ1n) is 19.6. The first-order chi connectivity index (χ1) is 25.4. The fraction of sp³-hybridized carbons (Fsp3) is 0.471. The molecule has 0 atom stereocenters. The van der Waals surface area contributed by atoms with Crippen LogP contribution in [0.25, 0.3) is 0 Å². The third kappa shape index (κ3) is 18.0. The van der Waals surface area contributed by atoms with Crippen molar-refractivity contribution < 1.29 is 4.74 Å². The van der Waals surface area contributed by atoms with Gasteiger partial charge in [0, 0.05) is 12.4 Å². The Kier molecular flexibility index (Phi) is 18.8. The predicted molar refractivity (Wildman–Crippen MR) is 236 cm³/mol. The predicted octanol–water partition coefficient (Wildman–Crippen LogP) is 14.2. The molecule has 0 bridgehead atoms. The third-order valence-electron chi connectivity index (χ3n) is 9.16. The highest BCUT2D eigenvalue weighted by atomic mass is 16.5. The molecule has 0 spiro atoms. The third-order valence-corrected chi connectivity index (χ3v) is 9.16. The van der Waals surface area contributed by atoms with Gasteiger partial charge in [0.2, 0.25) is 0 Å². The average molecular weight is 742 g/mol. The molecule has 0 unspecified atom stereocenters. The second-order valence-corrected chi connectivity index (χ2v) is 19.2. The van der Waals surface area contributed by atoms with E-state index in [9.17, 15) is 0 Å². The Labute approximate surface area is 336 Å². The fourth-order valence-corrected chi connectivity index (χ4v) is 5.71. The zero-order chi connectivity index (χ0) is 42.1. The van der Waals surface area contributed by atoms with Gasteiger partial charge >= 0.3 is 0 Å². The molecule has 4 nitrogen and oxygen atoms in total. The van der Waals surface area contributed by atoms with Gasteiger partial charge in [-0.15, -0.1) is 0 Å². The van der Waals surface area contributed by atoms with Crippen molar-refractivity contribution in [3.8, 4) is 17.9 Å². The molecule has 296 valence electrons. The van der Waals surface area contributed by atoms with Gasteiger partial charge in [-0.2, -0.15) is 10.5 Å². The van der Waals surface area contributed by atoms with E-state index < -0.39 is 0 Å². The second kappa shape index (κ2) is 21.4. The number of nitriles is 2. The molecule has 0 fully saturated rings. The molecule has 0 aliphatic heterocycles. The van der Waals surface area contributed by atoms with Crippen LogP contribution < -0.4 is 4.74 Å². The zero-order valence-electron chi connectivity index (χ0n) is 37.2. The minimum absolute atomic E-state index is 0.0618. The van der Waals surface area contributed by atoms with Gasteiger partial charge < -0.3 is 4.74 Å². The van der Waals surface area contributed by atoms with Crippen molar-refractivity contribution in [3.63, 3.8) is 0 Å². The van der Waals surface area contributed by atoms with Crippen LogP contribution in [0.4, 0.5) is 0 Å². The van der Waals surface area contributed by atoms with Crippen LogP contribution in [0.5, 0.6) is 5.75 Å². The van der Waals surface area contributed by atoms with E-state index in [1.807, 2.05) is 72.9 Å². The summed E-state index contributed by atoms with van der Waals surface area (Å²) < 4.78 is 5.27. The summed E-state index contributed by atoms with van der Waals surface area (Å²) in [6.07, 6.45) is 10.2. The summed E-state index contributed by atoms with van der Waals surface area (Å²) >= 11 is 0. The number of hydrogen-bond donors (Lipinski definition) is 0. The second-order valence-electron chi connectivity index (χ2n) is 19.2. The normalized spacial score (nSPS) is 12.6. The first kappa shape index (κ1) is 48.3. The Morgan fingerprint density at radius 1 is 0.564 bits per heavy atom. The first-order valence-corrected chi connectivity index (χ1v) is 19.6. The molecule has 3 aromatic carbocycles. The largest absolute Gasteiger partial charge is 0.496 e. The highest BCUT2D eigenvalue weighted by Gasteiger charge is 2.19. The molecule has 1 aliphatic carbocycles. The molecule has 0 saturated carbocycles. The molecule has 55 heavy (non-hydrogen) atoms. The van der Waals surface area contributed by atoms with Crippen molar-refractivity contribution in [2.45, 2.75) is 145 Å². The van der Waals surface area contributed by atoms with Crippen LogP contribution in [-0.2, 0) is 21.7 Å². The zero-order valence-corrected chi connectivity index (χ0v) is 37.2. The summed E-state index contributed by atoms with van der Waals surface area (Å²) in [4.78, 5) is 4.05. The Morgan fingerprint density at radius 3 is 1.47 bits per heavy atom. The van der Waals surface area contributed by atoms with Crippen molar-refractivity contribution in [2.24, 2.45) is 5.41 Å². The molecular weight excluding hydrogens is 671 g/mol. The van der Waals surface area contributed by atoms with Crippen molar-refractivity contribution in [2.75, 3.05) is 7.11 Å². The average Bonchev–Trinajstić information content (AvgIpc) is 3.68. The van der Waals surface area contributed by atoms with E-state index in [-0.39, 0.29) is 21.7 Å². The summed E-state index contributed by atoms with van der Waals surface area (Å²) in [6.45, 7) is 32.8. The lowest BCUT2D eigenvalue weighted by Gasteiger charge is -2.21. The number of ether oxygens (including phenoxy) is 1. The Morgan fingerprint density at radius 2 is 1.11 bits per heavy atom. The lowest BCUT2D eigenvalue weighted by molar-refractivity contribution is 0.397. The van der Waals surface area contributed by atoms with Gasteiger partial charge in [0.15, 0.2) is 0 Å².